The van der Waals surface area contributed by atoms with E-state index in [1.165, 1.54) is 117 Å². The lowest BCUT2D eigenvalue weighted by Gasteiger charge is -2.44. The van der Waals surface area contributed by atoms with Crippen LogP contribution in [0.2, 0.25) is 0 Å². The van der Waals surface area contributed by atoms with E-state index in [4.69, 9.17) is 0 Å². The van der Waals surface area contributed by atoms with E-state index in [0.717, 1.165) is 6.42 Å². The van der Waals surface area contributed by atoms with Crippen molar-refractivity contribution >= 4 is 39.1 Å². The van der Waals surface area contributed by atoms with E-state index < -0.39 is 0 Å². The number of benzene rings is 7. The maximum atomic E-state index is 4.62. The summed E-state index contributed by atoms with van der Waals surface area (Å²) >= 11 is 1.92. The first-order valence-corrected chi connectivity index (χ1v) is 23.1. The number of thiophene rings is 1. The van der Waals surface area contributed by atoms with Crippen LogP contribution in [0.5, 0.6) is 0 Å². The largest absolute Gasteiger partial charge is 0.234 e. The Morgan fingerprint density at radius 1 is 0.557 bits per heavy atom. The Balaban J connectivity index is 1.10. The molecule has 0 N–H and O–H groups in total. The molecule has 0 bridgehead atoms. The highest BCUT2D eigenvalue weighted by molar-refractivity contribution is 7.22. The van der Waals surface area contributed by atoms with Gasteiger partial charge in [-0.05, 0) is 126 Å². The molecule has 1 unspecified atom stereocenters. The molecule has 0 fully saturated rings. The maximum absolute atomic E-state index is 4.62. The topological polar surface area (TPSA) is 0 Å². The lowest BCUT2D eigenvalue weighted by Crippen LogP contribution is -2.51. The second kappa shape index (κ2) is 13.9. The molecule has 1 aromatic heterocycles. The predicted octanol–water partition coefficient (Wildman–Crippen LogP) is 14.6. The highest BCUT2D eigenvalue weighted by Gasteiger charge is 2.42. The van der Waals surface area contributed by atoms with Crippen LogP contribution in [0.1, 0.15) is 99.2 Å². The first kappa shape index (κ1) is 38.2. The summed E-state index contributed by atoms with van der Waals surface area (Å²) in [6.45, 7) is 19.3. The molecule has 8 aromatic rings. The van der Waals surface area contributed by atoms with E-state index in [2.05, 4.69) is 206 Å². The lowest BCUT2D eigenvalue weighted by atomic mass is 9.34. The third-order valence-electron chi connectivity index (χ3n) is 15.1. The van der Waals surface area contributed by atoms with Crippen LogP contribution in [0.25, 0.3) is 53.9 Å². The molecule has 1 atom stereocenters. The summed E-state index contributed by atoms with van der Waals surface area (Å²) < 4.78 is 1.32. The number of rotatable bonds is 6. The summed E-state index contributed by atoms with van der Waals surface area (Å²) in [5, 5.41) is 1.32. The van der Waals surface area contributed by atoms with Crippen molar-refractivity contribution in [1.29, 1.82) is 0 Å². The van der Waals surface area contributed by atoms with Crippen molar-refractivity contribution in [2.45, 2.75) is 83.0 Å². The molecule has 0 saturated heterocycles. The van der Waals surface area contributed by atoms with Gasteiger partial charge in [-0.1, -0.05) is 186 Å². The molecule has 0 spiro atoms. The predicted molar refractivity (Wildman–Crippen MR) is 265 cm³/mol. The zero-order valence-electron chi connectivity index (χ0n) is 36.4. The van der Waals surface area contributed by atoms with E-state index in [0.29, 0.717) is 0 Å². The summed E-state index contributed by atoms with van der Waals surface area (Å²) in [6, 6.07) is 58.0. The zero-order chi connectivity index (χ0) is 41.8. The standard InChI is InChI=1S/C59H53BS/c1-8-60-53-36-52-51(57(2,3)30-31-58(52,4)5)34-47(53)45(32-38-20-12-13-21-40(38)37-18-10-9-11-19-37)44-25-16-24-43(56(44)60)41-23-17-27-54-48(41)35-55(61-54)39-28-29-50-46(33-39)42-22-14-15-26-49(42)59(50,6)7/h8-29,33-36,45H,1,30-32H2,2-7H3. The Hall–Kier alpha value is -5.70. The lowest BCUT2D eigenvalue weighted by molar-refractivity contribution is 0.331. The molecule has 3 aliphatic rings. The van der Waals surface area contributed by atoms with Crippen LogP contribution in [0.3, 0.4) is 0 Å². The van der Waals surface area contributed by atoms with Crippen molar-refractivity contribution in [3.05, 3.63) is 203 Å². The van der Waals surface area contributed by atoms with Gasteiger partial charge >= 0.3 is 0 Å². The van der Waals surface area contributed by atoms with Crippen LogP contribution in [0, 0.1) is 0 Å². The molecular weight excluding hydrogens is 752 g/mol. The van der Waals surface area contributed by atoms with Gasteiger partial charge < -0.3 is 0 Å². The molecule has 2 heterocycles. The van der Waals surface area contributed by atoms with Crippen molar-refractivity contribution < 1.29 is 0 Å². The minimum atomic E-state index is -0.00273. The average molecular weight is 805 g/mol. The Morgan fingerprint density at radius 3 is 2.00 bits per heavy atom. The number of hydrogen-bond donors (Lipinski definition) is 0. The highest BCUT2D eigenvalue weighted by Crippen LogP contribution is 2.51. The van der Waals surface area contributed by atoms with Crippen molar-refractivity contribution in [1.82, 2.24) is 0 Å². The highest BCUT2D eigenvalue weighted by atomic mass is 32.1. The minimum absolute atomic E-state index is 0.00273. The molecule has 298 valence electrons. The zero-order valence-corrected chi connectivity index (χ0v) is 37.2. The van der Waals surface area contributed by atoms with Crippen LogP contribution in [0.15, 0.2) is 164 Å². The Morgan fingerprint density at radius 2 is 1.21 bits per heavy atom. The monoisotopic (exact) mass is 804 g/mol. The molecule has 0 amide bonds. The van der Waals surface area contributed by atoms with Crippen LogP contribution >= 0.6 is 11.3 Å². The van der Waals surface area contributed by atoms with Crippen LogP contribution in [0.4, 0.5) is 0 Å². The third kappa shape index (κ3) is 5.93. The molecule has 0 saturated carbocycles. The van der Waals surface area contributed by atoms with E-state index in [1.54, 1.807) is 0 Å². The number of fused-ring (bicyclic) bond motifs is 7. The van der Waals surface area contributed by atoms with Gasteiger partial charge in [0.25, 0.3) is 0 Å². The van der Waals surface area contributed by atoms with Gasteiger partial charge in [-0.2, -0.15) is 0 Å². The van der Waals surface area contributed by atoms with Crippen LogP contribution in [-0.4, -0.2) is 6.71 Å². The van der Waals surface area contributed by atoms with Crippen molar-refractivity contribution in [2.75, 3.05) is 0 Å². The SMILES string of the molecule is C=CB1c2cc3c(cc2C(Cc2ccccc2-c2ccccc2)c2cccc(-c4cccc5sc(-c6ccc7c(c6)-c6ccccc6C7(C)C)cc45)c21)C(C)(C)CCC3(C)C. The third-order valence-corrected chi connectivity index (χ3v) is 16.2. The van der Waals surface area contributed by atoms with Gasteiger partial charge in [-0.15, -0.1) is 23.9 Å². The van der Waals surface area contributed by atoms with Gasteiger partial charge in [0.2, 0.25) is 6.71 Å². The Kier molecular flexibility index (Phi) is 8.72. The van der Waals surface area contributed by atoms with Crippen molar-refractivity contribution in [3.63, 3.8) is 0 Å². The molecule has 61 heavy (non-hydrogen) atoms. The molecule has 2 aliphatic carbocycles. The van der Waals surface area contributed by atoms with E-state index in [9.17, 15) is 0 Å². The van der Waals surface area contributed by atoms with Gasteiger partial charge in [0.15, 0.2) is 0 Å². The molecule has 11 rings (SSSR count). The summed E-state index contributed by atoms with van der Waals surface area (Å²) in [4.78, 5) is 1.31. The minimum Gasteiger partial charge on any atom is -0.135 e. The summed E-state index contributed by atoms with van der Waals surface area (Å²) in [5.74, 6) is 2.43. The molecule has 2 heteroatoms. The summed E-state index contributed by atoms with van der Waals surface area (Å²) in [5.41, 5.74) is 22.5. The fourth-order valence-electron chi connectivity index (χ4n) is 11.6. The first-order valence-electron chi connectivity index (χ1n) is 22.3. The van der Waals surface area contributed by atoms with Gasteiger partial charge in [0.05, 0.1) is 0 Å². The van der Waals surface area contributed by atoms with Crippen molar-refractivity contribution in [2.24, 2.45) is 0 Å². The molecular formula is C59H53BS. The number of hydrogen-bond acceptors (Lipinski definition) is 1. The van der Waals surface area contributed by atoms with E-state index >= 15 is 0 Å². The fraction of sp³-hybridized carbons (Fsp3) is 0.220. The fourth-order valence-corrected chi connectivity index (χ4v) is 12.7. The van der Waals surface area contributed by atoms with E-state index in [-0.39, 0.29) is 28.9 Å². The average Bonchev–Trinajstić information content (AvgIpc) is 3.82. The van der Waals surface area contributed by atoms with Crippen LogP contribution < -0.4 is 10.9 Å². The van der Waals surface area contributed by atoms with Crippen LogP contribution in [-0.2, 0) is 22.7 Å². The van der Waals surface area contributed by atoms with Gasteiger partial charge in [-0.25, -0.2) is 0 Å². The first-order chi connectivity index (χ1) is 29.4. The molecule has 0 radical (unpaired) electrons. The summed E-state index contributed by atoms with van der Waals surface area (Å²) in [6.07, 6.45) is 3.31. The summed E-state index contributed by atoms with van der Waals surface area (Å²) in [7, 11) is 0. The molecule has 0 nitrogen and oxygen atoms in total. The normalized spacial score (nSPS) is 17.5. The quantitative estimate of drug-likeness (QED) is 0.147. The smallest absolute Gasteiger partial charge is 0.135 e. The second-order valence-corrected chi connectivity index (χ2v) is 20.9. The maximum Gasteiger partial charge on any atom is 0.234 e. The Bertz CT molecular complexity index is 3060. The van der Waals surface area contributed by atoms with E-state index in [1.807, 2.05) is 11.3 Å². The molecule has 1 aliphatic heterocycles. The van der Waals surface area contributed by atoms with Gasteiger partial charge in [0, 0.05) is 26.3 Å². The van der Waals surface area contributed by atoms with Gasteiger partial charge in [0.1, 0.15) is 0 Å². The molecule has 7 aromatic carbocycles. The van der Waals surface area contributed by atoms with Gasteiger partial charge in [-0.3, -0.25) is 0 Å². The van der Waals surface area contributed by atoms with Crippen molar-refractivity contribution in [3.8, 4) is 43.8 Å². The second-order valence-electron chi connectivity index (χ2n) is 19.9. The Labute approximate surface area is 367 Å².